The van der Waals surface area contributed by atoms with Gasteiger partial charge in [0.05, 0.1) is 5.92 Å². The Morgan fingerprint density at radius 1 is 0.947 bits per heavy atom. The minimum absolute atomic E-state index is 0.0187. The molecule has 38 heavy (non-hydrogen) atoms. The van der Waals surface area contributed by atoms with Crippen LogP contribution in [0.4, 0.5) is 10.1 Å². The van der Waals surface area contributed by atoms with Gasteiger partial charge in [-0.05, 0) is 85.8 Å². The van der Waals surface area contributed by atoms with Gasteiger partial charge in [-0.25, -0.2) is 4.39 Å². The number of likely N-dealkylation sites (tertiary alicyclic amines) is 1. The zero-order valence-corrected chi connectivity index (χ0v) is 22.1. The molecular weight excluding hydrogens is 479 g/mol. The van der Waals surface area contributed by atoms with Crippen LogP contribution in [0.5, 0.6) is 0 Å². The molecule has 0 aromatic heterocycles. The lowest BCUT2D eigenvalue weighted by atomic mass is 9.79. The minimum atomic E-state index is -0.895. The van der Waals surface area contributed by atoms with Gasteiger partial charge in [0, 0.05) is 17.5 Å². The molecule has 2 atom stereocenters. The summed E-state index contributed by atoms with van der Waals surface area (Å²) in [6.07, 6.45) is 2.72. The number of nitrogens with one attached hydrogen (secondary N) is 1. The topological polar surface area (TPSA) is 69.6 Å². The van der Waals surface area contributed by atoms with Crippen LogP contribution >= 0.6 is 0 Å². The van der Waals surface area contributed by atoms with Crippen LogP contribution in [-0.2, 0) is 9.59 Å². The maximum atomic E-state index is 13.6. The second kappa shape index (κ2) is 12.8. The van der Waals surface area contributed by atoms with Gasteiger partial charge in [0.1, 0.15) is 5.82 Å². The van der Waals surface area contributed by atoms with E-state index in [0.29, 0.717) is 17.9 Å². The Balaban J connectivity index is 1.41. The van der Waals surface area contributed by atoms with Gasteiger partial charge in [-0.2, -0.15) is 0 Å². The smallest absolute Gasteiger partial charge is 0.311 e. The van der Waals surface area contributed by atoms with Crippen LogP contribution in [0.1, 0.15) is 67.6 Å². The van der Waals surface area contributed by atoms with Crippen molar-refractivity contribution in [2.24, 2.45) is 5.92 Å². The molecule has 2 N–H and O–H groups in total. The Hall–Kier alpha value is -3.51. The van der Waals surface area contributed by atoms with Crippen molar-refractivity contribution < 1.29 is 19.1 Å². The Morgan fingerprint density at radius 2 is 1.63 bits per heavy atom. The zero-order valence-electron chi connectivity index (χ0n) is 22.1. The van der Waals surface area contributed by atoms with Gasteiger partial charge in [-0.15, -0.1) is 0 Å². The normalized spacial score (nSPS) is 16.2. The number of piperidine rings is 1. The molecule has 0 bridgehead atoms. The second-order valence-corrected chi connectivity index (χ2v) is 10.6. The first-order chi connectivity index (χ1) is 18.3. The minimum Gasteiger partial charge on any atom is -0.481 e. The molecule has 1 heterocycles. The van der Waals surface area contributed by atoms with E-state index in [2.05, 4.69) is 22.3 Å². The van der Waals surface area contributed by atoms with Gasteiger partial charge in [-0.3, -0.25) is 9.59 Å². The fraction of sp³-hybridized carbons (Fsp3) is 0.375. The van der Waals surface area contributed by atoms with Crippen LogP contribution in [0, 0.1) is 11.7 Å². The average Bonchev–Trinajstić information content (AvgIpc) is 2.92. The van der Waals surface area contributed by atoms with Crippen molar-refractivity contribution >= 4 is 17.6 Å². The quantitative estimate of drug-likeness (QED) is 0.317. The molecule has 1 fully saturated rings. The first-order valence-corrected chi connectivity index (χ1v) is 13.5. The fourth-order valence-corrected chi connectivity index (χ4v) is 5.41. The second-order valence-electron chi connectivity index (χ2n) is 10.6. The summed E-state index contributed by atoms with van der Waals surface area (Å²) in [5, 5.41) is 13.2. The number of halogens is 1. The summed E-state index contributed by atoms with van der Waals surface area (Å²) in [4.78, 5) is 27.0. The van der Waals surface area contributed by atoms with E-state index in [1.807, 2.05) is 56.3 Å². The Morgan fingerprint density at radius 3 is 2.26 bits per heavy atom. The summed E-state index contributed by atoms with van der Waals surface area (Å²) >= 11 is 0. The Kier molecular flexibility index (Phi) is 9.29. The maximum absolute atomic E-state index is 13.6. The van der Waals surface area contributed by atoms with E-state index in [9.17, 15) is 19.1 Å². The van der Waals surface area contributed by atoms with Crippen molar-refractivity contribution in [3.8, 4) is 0 Å². The molecule has 1 saturated heterocycles. The maximum Gasteiger partial charge on any atom is 0.311 e. The van der Waals surface area contributed by atoms with Crippen molar-refractivity contribution in [3.63, 3.8) is 0 Å². The molecule has 6 heteroatoms. The number of carbonyl (C=O) groups excluding carboxylic acids is 1. The average molecular weight is 517 g/mol. The number of hydrogen-bond donors (Lipinski definition) is 2. The van der Waals surface area contributed by atoms with Crippen molar-refractivity contribution in [2.75, 3.05) is 25.0 Å². The summed E-state index contributed by atoms with van der Waals surface area (Å²) in [6, 6.07) is 23.8. The third-order valence-electron chi connectivity index (χ3n) is 7.62. The molecule has 2 unspecified atom stereocenters. The predicted molar refractivity (Wildman–Crippen MR) is 149 cm³/mol. The lowest BCUT2D eigenvalue weighted by Crippen LogP contribution is -2.35. The molecule has 1 aliphatic rings. The molecule has 4 rings (SSSR count). The highest BCUT2D eigenvalue weighted by Crippen LogP contribution is 2.37. The number of carboxylic acids is 1. The van der Waals surface area contributed by atoms with Gasteiger partial charge in [0.15, 0.2) is 0 Å². The molecule has 1 aliphatic heterocycles. The number of amides is 1. The van der Waals surface area contributed by atoms with Gasteiger partial charge >= 0.3 is 5.97 Å². The highest BCUT2D eigenvalue weighted by molar-refractivity contribution is 5.92. The van der Waals surface area contributed by atoms with Crippen molar-refractivity contribution in [2.45, 2.75) is 50.9 Å². The molecule has 3 aromatic carbocycles. The third kappa shape index (κ3) is 7.07. The van der Waals surface area contributed by atoms with E-state index in [1.54, 1.807) is 12.1 Å². The van der Waals surface area contributed by atoms with Gasteiger partial charge in [0.2, 0.25) is 5.91 Å². The highest BCUT2D eigenvalue weighted by atomic mass is 19.1. The summed E-state index contributed by atoms with van der Waals surface area (Å²) in [5.74, 6) is -1.86. The molecule has 0 aliphatic carbocycles. The van der Waals surface area contributed by atoms with Crippen molar-refractivity contribution in [1.29, 1.82) is 0 Å². The largest absolute Gasteiger partial charge is 0.481 e. The number of carbonyl (C=O) groups is 2. The zero-order chi connectivity index (χ0) is 27.1. The first kappa shape index (κ1) is 27.5. The summed E-state index contributed by atoms with van der Waals surface area (Å²) in [6.45, 7) is 6.43. The van der Waals surface area contributed by atoms with Crippen LogP contribution in [0.15, 0.2) is 78.9 Å². The Bertz CT molecular complexity index is 1200. The molecule has 200 valence electrons. The SMILES string of the molecule is CC(C)C(=O)Nc1cccc(C2CCN(CCC(c3ccccc3)C(C(=O)O)c3ccc(F)cc3)CC2)c1. The van der Waals surface area contributed by atoms with E-state index in [4.69, 9.17) is 0 Å². The van der Waals surface area contributed by atoms with E-state index in [0.717, 1.165) is 43.7 Å². The number of carboxylic acid groups (broad SMARTS) is 1. The number of anilines is 1. The van der Waals surface area contributed by atoms with Crippen molar-refractivity contribution in [1.82, 2.24) is 4.90 Å². The van der Waals surface area contributed by atoms with E-state index in [1.165, 1.54) is 17.7 Å². The number of nitrogens with zero attached hydrogens (tertiary/aromatic N) is 1. The number of aliphatic carboxylic acids is 1. The number of hydrogen-bond acceptors (Lipinski definition) is 3. The summed E-state index contributed by atoms with van der Waals surface area (Å²) < 4.78 is 13.6. The predicted octanol–water partition coefficient (Wildman–Crippen LogP) is 6.64. The molecule has 0 radical (unpaired) electrons. The van der Waals surface area contributed by atoms with Crippen LogP contribution in [-0.4, -0.2) is 41.5 Å². The standard InChI is InChI=1S/C32H37FN2O3/c1-22(2)31(36)34-28-10-6-9-26(21-28)23-15-18-35(19-16-23)20-17-29(24-7-4-3-5-8-24)30(32(37)38)25-11-13-27(33)14-12-25/h3-14,21-23,29-30H,15-20H2,1-2H3,(H,34,36)(H,37,38). The number of benzene rings is 3. The fourth-order valence-electron chi connectivity index (χ4n) is 5.41. The van der Waals surface area contributed by atoms with Crippen LogP contribution in [0.3, 0.4) is 0 Å². The van der Waals surface area contributed by atoms with Crippen LogP contribution < -0.4 is 5.32 Å². The van der Waals surface area contributed by atoms with Crippen LogP contribution in [0.2, 0.25) is 0 Å². The molecule has 0 spiro atoms. The van der Waals surface area contributed by atoms with Crippen molar-refractivity contribution in [3.05, 3.63) is 101 Å². The molecular formula is C32H37FN2O3. The summed E-state index contributed by atoms with van der Waals surface area (Å²) in [5.41, 5.74) is 3.70. The molecule has 1 amide bonds. The van der Waals surface area contributed by atoms with Gasteiger partial charge in [-0.1, -0.05) is 68.4 Å². The lowest BCUT2D eigenvalue weighted by molar-refractivity contribution is -0.139. The van der Waals surface area contributed by atoms with E-state index < -0.39 is 11.9 Å². The lowest BCUT2D eigenvalue weighted by Gasteiger charge is -2.34. The molecule has 3 aromatic rings. The summed E-state index contributed by atoms with van der Waals surface area (Å²) in [7, 11) is 0. The van der Waals surface area contributed by atoms with E-state index in [-0.39, 0.29) is 23.6 Å². The first-order valence-electron chi connectivity index (χ1n) is 13.5. The highest BCUT2D eigenvalue weighted by Gasteiger charge is 2.32. The molecule has 5 nitrogen and oxygen atoms in total. The molecule has 0 saturated carbocycles. The van der Waals surface area contributed by atoms with E-state index >= 15 is 0 Å². The third-order valence-corrected chi connectivity index (χ3v) is 7.62. The van der Waals surface area contributed by atoms with Gasteiger partial charge in [0.25, 0.3) is 0 Å². The van der Waals surface area contributed by atoms with Gasteiger partial charge < -0.3 is 15.3 Å². The Labute approximate surface area is 224 Å². The monoisotopic (exact) mass is 516 g/mol. The number of rotatable bonds is 10. The van der Waals surface area contributed by atoms with Crippen LogP contribution in [0.25, 0.3) is 0 Å².